The van der Waals surface area contributed by atoms with Crippen LogP contribution in [0.25, 0.3) is 0 Å². The highest BCUT2D eigenvalue weighted by molar-refractivity contribution is 14.0. The molecular weight excluding hydrogens is 477 g/mol. The van der Waals surface area contributed by atoms with E-state index in [0.717, 1.165) is 77.8 Å². The van der Waals surface area contributed by atoms with E-state index in [1.54, 1.807) is 0 Å². The molecule has 2 aliphatic heterocycles. The van der Waals surface area contributed by atoms with E-state index in [4.69, 9.17) is 4.74 Å². The number of likely N-dealkylation sites (tertiary alicyclic amines) is 1. The van der Waals surface area contributed by atoms with Gasteiger partial charge in [-0.15, -0.1) is 24.0 Å². The van der Waals surface area contributed by atoms with Crippen molar-refractivity contribution in [1.29, 1.82) is 0 Å². The van der Waals surface area contributed by atoms with Crippen molar-refractivity contribution in [1.82, 2.24) is 20.4 Å². The molecule has 0 bridgehead atoms. The summed E-state index contributed by atoms with van der Waals surface area (Å²) >= 11 is 0. The number of piperidine rings is 1. The van der Waals surface area contributed by atoms with Gasteiger partial charge in [0.2, 0.25) is 0 Å². The monoisotopic (exact) mass is 515 g/mol. The molecule has 2 N–H and O–H groups in total. The summed E-state index contributed by atoms with van der Waals surface area (Å²) in [5.41, 5.74) is 1.40. The second-order valence-electron chi connectivity index (χ2n) is 8.15. The molecule has 0 aromatic heterocycles. The first-order valence-electron chi connectivity index (χ1n) is 10.8. The molecule has 0 amide bonds. The molecule has 2 fully saturated rings. The highest BCUT2D eigenvalue weighted by Crippen LogP contribution is 2.13. The lowest BCUT2D eigenvalue weighted by Gasteiger charge is -2.33. The summed E-state index contributed by atoms with van der Waals surface area (Å²) in [7, 11) is 1.87. The number of nitrogens with zero attached hydrogens (tertiary/aromatic N) is 3. The first-order chi connectivity index (χ1) is 13.7. The molecule has 2 heterocycles. The van der Waals surface area contributed by atoms with Crippen LogP contribution in [0.3, 0.4) is 0 Å². The summed E-state index contributed by atoms with van der Waals surface area (Å²) in [6.45, 7) is 11.5. The molecule has 7 heteroatoms. The maximum atomic E-state index is 5.43. The molecule has 0 aliphatic carbocycles. The zero-order valence-electron chi connectivity index (χ0n) is 18.0. The number of hydrogen-bond acceptors (Lipinski definition) is 4. The van der Waals surface area contributed by atoms with Gasteiger partial charge in [0.1, 0.15) is 0 Å². The van der Waals surface area contributed by atoms with Gasteiger partial charge in [0, 0.05) is 58.9 Å². The fourth-order valence-electron chi connectivity index (χ4n) is 4.02. The van der Waals surface area contributed by atoms with Gasteiger partial charge < -0.3 is 15.4 Å². The van der Waals surface area contributed by atoms with Gasteiger partial charge in [-0.3, -0.25) is 14.8 Å². The summed E-state index contributed by atoms with van der Waals surface area (Å²) < 4.78 is 5.43. The van der Waals surface area contributed by atoms with Crippen molar-refractivity contribution < 1.29 is 4.74 Å². The number of guanidine groups is 1. The Morgan fingerprint density at radius 1 is 1.10 bits per heavy atom. The van der Waals surface area contributed by atoms with Crippen LogP contribution in [-0.4, -0.2) is 81.3 Å². The molecule has 1 unspecified atom stereocenters. The standard InChI is InChI=1S/C22H37N5O.HI/c1-19(17-27-12-14-28-15-13-27)16-24-22(23-2)25-21-8-10-26(11-9-21)18-20-6-4-3-5-7-20;/h3-7,19,21H,8-18H2,1-2H3,(H2,23,24,25);1H. The van der Waals surface area contributed by atoms with E-state index in [0.29, 0.717) is 12.0 Å². The Hall–Kier alpha value is -0.900. The Morgan fingerprint density at radius 2 is 1.79 bits per heavy atom. The Morgan fingerprint density at radius 3 is 2.45 bits per heavy atom. The topological polar surface area (TPSA) is 52.1 Å². The average Bonchev–Trinajstić information content (AvgIpc) is 2.74. The summed E-state index contributed by atoms with van der Waals surface area (Å²) in [6.07, 6.45) is 2.33. The molecular formula is C22H38IN5O. The van der Waals surface area contributed by atoms with Crippen LogP contribution in [0.4, 0.5) is 0 Å². The SMILES string of the molecule is CN=C(NCC(C)CN1CCOCC1)NC1CCN(Cc2ccccc2)CC1.I. The van der Waals surface area contributed by atoms with Crippen LogP contribution >= 0.6 is 24.0 Å². The van der Waals surface area contributed by atoms with Gasteiger partial charge in [-0.1, -0.05) is 37.3 Å². The maximum Gasteiger partial charge on any atom is 0.191 e. The molecule has 2 saturated heterocycles. The van der Waals surface area contributed by atoms with Crippen molar-refractivity contribution in [2.75, 3.05) is 59.5 Å². The van der Waals surface area contributed by atoms with Crippen LogP contribution in [0.1, 0.15) is 25.3 Å². The minimum Gasteiger partial charge on any atom is -0.379 e. The van der Waals surface area contributed by atoms with E-state index in [1.165, 1.54) is 5.56 Å². The smallest absolute Gasteiger partial charge is 0.191 e. The number of morpholine rings is 1. The number of hydrogen-bond donors (Lipinski definition) is 2. The molecule has 1 aromatic carbocycles. The quantitative estimate of drug-likeness (QED) is 0.332. The molecule has 1 aromatic rings. The first-order valence-corrected chi connectivity index (χ1v) is 10.8. The summed E-state index contributed by atoms with van der Waals surface area (Å²) in [4.78, 5) is 9.48. The van der Waals surface area contributed by atoms with Crippen molar-refractivity contribution in [3.05, 3.63) is 35.9 Å². The van der Waals surface area contributed by atoms with Gasteiger partial charge in [-0.2, -0.15) is 0 Å². The molecule has 29 heavy (non-hydrogen) atoms. The van der Waals surface area contributed by atoms with E-state index in [1.807, 2.05) is 7.05 Å². The Labute approximate surface area is 193 Å². The number of benzene rings is 1. The van der Waals surface area contributed by atoms with Gasteiger partial charge in [0.25, 0.3) is 0 Å². The molecule has 164 valence electrons. The second kappa shape index (κ2) is 13.4. The van der Waals surface area contributed by atoms with E-state index >= 15 is 0 Å². The van der Waals surface area contributed by atoms with E-state index < -0.39 is 0 Å². The largest absolute Gasteiger partial charge is 0.379 e. The molecule has 3 rings (SSSR count). The highest BCUT2D eigenvalue weighted by atomic mass is 127. The van der Waals surface area contributed by atoms with Crippen molar-refractivity contribution >= 4 is 29.9 Å². The lowest BCUT2D eigenvalue weighted by atomic mass is 10.0. The Kier molecular flexibility index (Phi) is 11.3. The van der Waals surface area contributed by atoms with Crippen LogP contribution in [0.15, 0.2) is 35.3 Å². The molecule has 6 nitrogen and oxygen atoms in total. The van der Waals surface area contributed by atoms with Crippen LogP contribution in [0, 0.1) is 5.92 Å². The molecule has 0 spiro atoms. The van der Waals surface area contributed by atoms with E-state index in [9.17, 15) is 0 Å². The fraction of sp³-hybridized carbons (Fsp3) is 0.682. The van der Waals surface area contributed by atoms with E-state index in [2.05, 4.69) is 62.7 Å². The maximum absolute atomic E-state index is 5.43. The lowest BCUT2D eigenvalue weighted by Crippen LogP contribution is -2.49. The molecule has 0 radical (unpaired) electrons. The predicted octanol–water partition coefficient (Wildman–Crippen LogP) is 2.40. The van der Waals surface area contributed by atoms with Crippen molar-refractivity contribution in [3.8, 4) is 0 Å². The molecule has 2 aliphatic rings. The number of ether oxygens (including phenoxy) is 1. The second-order valence-corrected chi connectivity index (χ2v) is 8.15. The van der Waals surface area contributed by atoms with Gasteiger partial charge in [-0.05, 0) is 24.3 Å². The van der Waals surface area contributed by atoms with Gasteiger partial charge in [0.15, 0.2) is 5.96 Å². The zero-order chi connectivity index (χ0) is 19.6. The first kappa shape index (κ1) is 24.4. The minimum absolute atomic E-state index is 0. The average molecular weight is 515 g/mol. The molecule has 0 saturated carbocycles. The number of halogens is 1. The fourth-order valence-corrected chi connectivity index (χ4v) is 4.02. The zero-order valence-corrected chi connectivity index (χ0v) is 20.3. The summed E-state index contributed by atoms with van der Waals surface area (Å²) in [5.74, 6) is 1.53. The third-order valence-electron chi connectivity index (χ3n) is 5.69. The van der Waals surface area contributed by atoms with Gasteiger partial charge >= 0.3 is 0 Å². The van der Waals surface area contributed by atoms with Crippen molar-refractivity contribution in [2.45, 2.75) is 32.4 Å². The molecule has 1 atom stereocenters. The third kappa shape index (κ3) is 8.78. The van der Waals surface area contributed by atoms with Crippen LogP contribution in [0.5, 0.6) is 0 Å². The Bertz CT molecular complexity index is 586. The van der Waals surface area contributed by atoms with Gasteiger partial charge in [-0.25, -0.2) is 0 Å². The lowest BCUT2D eigenvalue weighted by molar-refractivity contribution is 0.0320. The number of nitrogens with one attached hydrogen (secondary N) is 2. The Balaban J connectivity index is 0.00000300. The van der Waals surface area contributed by atoms with Crippen molar-refractivity contribution in [3.63, 3.8) is 0 Å². The van der Waals surface area contributed by atoms with Crippen LogP contribution < -0.4 is 10.6 Å². The van der Waals surface area contributed by atoms with E-state index in [-0.39, 0.29) is 24.0 Å². The van der Waals surface area contributed by atoms with Crippen molar-refractivity contribution in [2.24, 2.45) is 10.9 Å². The van der Waals surface area contributed by atoms with Gasteiger partial charge in [0.05, 0.1) is 13.2 Å². The predicted molar refractivity (Wildman–Crippen MR) is 131 cm³/mol. The number of aliphatic imine (C=N–C) groups is 1. The minimum atomic E-state index is 0. The third-order valence-corrected chi connectivity index (χ3v) is 5.69. The summed E-state index contributed by atoms with van der Waals surface area (Å²) in [5, 5.41) is 7.15. The highest BCUT2D eigenvalue weighted by Gasteiger charge is 2.20. The summed E-state index contributed by atoms with van der Waals surface area (Å²) in [6, 6.07) is 11.3. The van der Waals surface area contributed by atoms with Crippen LogP contribution in [0.2, 0.25) is 0 Å². The normalized spacial score (nSPS) is 20.7. The number of rotatable bonds is 7. The van der Waals surface area contributed by atoms with Crippen LogP contribution in [-0.2, 0) is 11.3 Å².